The molecule has 0 unspecified atom stereocenters. The number of nitrogens with one attached hydrogen (secondary N) is 1. The van der Waals surface area contributed by atoms with Gasteiger partial charge in [-0.2, -0.15) is 4.37 Å². The van der Waals surface area contributed by atoms with Crippen LogP contribution in [0.1, 0.15) is 43.6 Å². The van der Waals surface area contributed by atoms with Gasteiger partial charge in [0.15, 0.2) is 11.8 Å². The number of halogens is 2. The Labute approximate surface area is 155 Å². The summed E-state index contributed by atoms with van der Waals surface area (Å²) in [5.74, 6) is -0.920. The first-order chi connectivity index (χ1) is 11.4. The standard InChI is InChI=1S/C15H20Cl2N2O4S/c1-8(2)6-10(14(20)18-7-9-4-3-5-22-9)23-15(21)12-11(16)13(17)24-19-12/h8-10H,3-7H2,1-2H3,(H,18,20)/t9-,10-/m1/s1. The third-order valence-corrected chi connectivity index (χ3v) is 5.16. The van der Waals surface area contributed by atoms with Gasteiger partial charge in [0.05, 0.1) is 6.10 Å². The molecule has 134 valence electrons. The second kappa shape index (κ2) is 8.99. The summed E-state index contributed by atoms with van der Waals surface area (Å²) >= 11 is 12.6. The Morgan fingerprint density at radius 3 is 2.75 bits per heavy atom. The van der Waals surface area contributed by atoms with Crippen molar-refractivity contribution in [1.82, 2.24) is 9.69 Å². The number of hydrogen-bond donors (Lipinski definition) is 1. The van der Waals surface area contributed by atoms with Crippen LogP contribution in [0.15, 0.2) is 0 Å². The van der Waals surface area contributed by atoms with E-state index in [9.17, 15) is 9.59 Å². The van der Waals surface area contributed by atoms with E-state index in [1.807, 2.05) is 13.8 Å². The molecule has 1 aromatic heterocycles. The fourth-order valence-corrected chi connectivity index (χ4v) is 3.32. The van der Waals surface area contributed by atoms with Crippen LogP contribution in [0.4, 0.5) is 0 Å². The lowest BCUT2D eigenvalue weighted by Crippen LogP contribution is -2.41. The minimum absolute atomic E-state index is 0.0242. The molecule has 9 heteroatoms. The molecule has 1 aromatic rings. The van der Waals surface area contributed by atoms with E-state index in [1.165, 1.54) is 0 Å². The lowest BCUT2D eigenvalue weighted by atomic mass is 10.1. The SMILES string of the molecule is CC(C)C[C@@H](OC(=O)c1nsc(Cl)c1Cl)C(=O)NC[C@H]1CCCO1. The Hall–Kier alpha value is -0.890. The van der Waals surface area contributed by atoms with Gasteiger partial charge in [0, 0.05) is 13.2 Å². The predicted octanol–water partition coefficient (Wildman–Crippen LogP) is 3.32. The average Bonchev–Trinajstić information content (AvgIpc) is 3.15. The summed E-state index contributed by atoms with van der Waals surface area (Å²) in [6.45, 7) is 5.02. The van der Waals surface area contributed by atoms with Crippen LogP contribution < -0.4 is 5.32 Å². The molecule has 6 nitrogen and oxygen atoms in total. The molecular formula is C15H20Cl2N2O4S. The molecule has 2 heterocycles. The van der Waals surface area contributed by atoms with Gasteiger partial charge in [0.25, 0.3) is 5.91 Å². The molecule has 1 fully saturated rings. The van der Waals surface area contributed by atoms with E-state index in [4.69, 9.17) is 32.7 Å². The van der Waals surface area contributed by atoms with E-state index in [1.54, 1.807) is 0 Å². The highest BCUT2D eigenvalue weighted by Crippen LogP contribution is 2.30. The zero-order valence-electron chi connectivity index (χ0n) is 13.5. The van der Waals surface area contributed by atoms with Crippen molar-refractivity contribution in [3.05, 3.63) is 15.1 Å². The first-order valence-corrected chi connectivity index (χ1v) is 9.32. The first kappa shape index (κ1) is 19.4. The third kappa shape index (κ3) is 5.31. The molecule has 24 heavy (non-hydrogen) atoms. The number of nitrogens with zero attached hydrogens (tertiary/aromatic N) is 1. The van der Waals surface area contributed by atoms with Gasteiger partial charge in [-0.05, 0) is 36.7 Å². The zero-order chi connectivity index (χ0) is 17.7. The highest BCUT2D eigenvalue weighted by atomic mass is 35.5. The Morgan fingerprint density at radius 2 is 2.21 bits per heavy atom. The van der Waals surface area contributed by atoms with Gasteiger partial charge in [0.1, 0.15) is 9.36 Å². The highest BCUT2D eigenvalue weighted by molar-refractivity contribution is 7.11. The summed E-state index contributed by atoms with van der Waals surface area (Å²) in [5.41, 5.74) is -0.0626. The molecular weight excluding hydrogens is 375 g/mol. The van der Waals surface area contributed by atoms with Crippen molar-refractivity contribution in [2.45, 2.75) is 45.3 Å². The van der Waals surface area contributed by atoms with Crippen molar-refractivity contribution >= 4 is 46.6 Å². The quantitative estimate of drug-likeness (QED) is 0.717. The fraction of sp³-hybridized carbons (Fsp3) is 0.667. The summed E-state index contributed by atoms with van der Waals surface area (Å²) in [6, 6.07) is 0. The molecule has 0 spiro atoms. The van der Waals surface area contributed by atoms with Gasteiger partial charge in [-0.1, -0.05) is 37.0 Å². The van der Waals surface area contributed by atoms with E-state index >= 15 is 0 Å². The van der Waals surface area contributed by atoms with Gasteiger partial charge in [0.2, 0.25) is 0 Å². The number of aromatic nitrogens is 1. The van der Waals surface area contributed by atoms with Crippen LogP contribution in [0, 0.1) is 5.92 Å². The maximum absolute atomic E-state index is 12.4. The van der Waals surface area contributed by atoms with Crippen LogP contribution >= 0.6 is 34.7 Å². The smallest absolute Gasteiger partial charge is 0.360 e. The third-order valence-electron chi connectivity index (χ3n) is 3.55. The Morgan fingerprint density at radius 1 is 1.46 bits per heavy atom. The zero-order valence-corrected chi connectivity index (χ0v) is 15.8. The Bertz CT molecular complexity index is 588. The summed E-state index contributed by atoms with van der Waals surface area (Å²) in [5, 5.41) is 2.84. The molecule has 0 bridgehead atoms. The second-order valence-electron chi connectivity index (χ2n) is 6.02. The molecule has 2 rings (SSSR count). The highest BCUT2D eigenvalue weighted by Gasteiger charge is 2.28. The van der Waals surface area contributed by atoms with Gasteiger partial charge >= 0.3 is 5.97 Å². The van der Waals surface area contributed by atoms with Crippen LogP contribution in [0.2, 0.25) is 9.36 Å². The molecule has 0 radical (unpaired) electrons. The monoisotopic (exact) mass is 394 g/mol. The second-order valence-corrected chi connectivity index (χ2v) is 7.78. The topological polar surface area (TPSA) is 77.5 Å². The largest absolute Gasteiger partial charge is 0.447 e. The molecule has 0 aromatic carbocycles. The van der Waals surface area contributed by atoms with Crippen LogP contribution in [-0.4, -0.2) is 41.6 Å². The molecule has 1 N–H and O–H groups in total. The van der Waals surface area contributed by atoms with Crippen LogP contribution in [0.5, 0.6) is 0 Å². The molecule has 1 aliphatic rings. The number of esters is 1. The van der Waals surface area contributed by atoms with Crippen molar-refractivity contribution in [3.63, 3.8) is 0 Å². The van der Waals surface area contributed by atoms with Crippen molar-refractivity contribution in [3.8, 4) is 0 Å². The summed E-state index contributed by atoms with van der Waals surface area (Å²) in [6.07, 6.45) is 1.43. The number of carbonyl (C=O) groups excluding carboxylic acids is 2. The number of amides is 1. The molecule has 0 aliphatic carbocycles. The summed E-state index contributed by atoms with van der Waals surface area (Å²) in [4.78, 5) is 24.6. The van der Waals surface area contributed by atoms with Crippen LogP contribution in [0.3, 0.4) is 0 Å². The molecule has 1 aliphatic heterocycles. The number of carbonyl (C=O) groups is 2. The predicted molar refractivity (Wildman–Crippen MR) is 92.8 cm³/mol. The Kier molecular flexibility index (Phi) is 7.28. The summed E-state index contributed by atoms with van der Waals surface area (Å²) in [7, 11) is 0. The van der Waals surface area contributed by atoms with E-state index in [0.717, 1.165) is 24.4 Å². The van der Waals surface area contributed by atoms with Crippen molar-refractivity contribution < 1.29 is 19.1 Å². The number of ether oxygens (including phenoxy) is 2. The maximum Gasteiger partial charge on any atom is 0.360 e. The van der Waals surface area contributed by atoms with Gasteiger partial charge < -0.3 is 14.8 Å². The molecule has 2 atom stereocenters. The fourth-order valence-electron chi connectivity index (χ4n) is 2.34. The van der Waals surface area contributed by atoms with Gasteiger partial charge in [-0.15, -0.1) is 0 Å². The lowest BCUT2D eigenvalue weighted by Gasteiger charge is -2.20. The molecule has 1 amide bonds. The molecule has 1 saturated heterocycles. The number of hydrogen-bond acceptors (Lipinski definition) is 6. The maximum atomic E-state index is 12.4. The average molecular weight is 395 g/mol. The normalized spacial score (nSPS) is 18.6. The minimum Gasteiger partial charge on any atom is -0.447 e. The molecule has 0 saturated carbocycles. The van der Waals surface area contributed by atoms with Crippen LogP contribution in [0.25, 0.3) is 0 Å². The summed E-state index contributed by atoms with van der Waals surface area (Å²) < 4.78 is 14.9. The van der Waals surface area contributed by atoms with E-state index in [-0.39, 0.29) is 33.0 Å². The first-order valence-electron chi connectivity index (χ1n) is 7.79. The number of rotatable bonds is 7. The van der Waals surface area contributed by atoms with E-state index < -0.39 is 12.1 Å². The van der Waals surface area contributed by atoms with E-state index in [2.05, 4.69) is 9.69 Å². The Balaban J connectivity index is 1.97. The van der Waals surface area contributed by atoms with Crippen LogP contribution in [-0.2, 0) is 14.3 Å². The lowest BCUT2D eigenvalue weighted by molar-refractivity contribution is -0.131. The van der Waals surface area contributed by atoms with Crippen molar-refractivity contribution in [2.75, 3.05) is 13.2 Å². The van der Waals surface area contributed by atoms with E-state index in [0.29, 0.717) is 19.6 Å². The van der Waals surface area contributed by atoms with Crippen molar-refractivity contribution in [2.24, 2.45) is 5.92 Å². The van der Waals surface area contributed by atoms with Gasteiger partial charge in [-0.3, -0.25) is 4.79 Å². The van der Waals surface area contributed by atoms with Gasteiger partial charge in [-0.25, -0.2) is 4.79 Å². The van der Waals surface area contributed by atoms with Crippen molar-refractivity contribution in [1.29, 1.82) is 0 Å². The minimum atomic E-state index is -0.907.